The van der Waals surface area contributed by atoms with Crippen LogP contribution in [-0.4, -0.2) is 0 Å². The summed E-state index contributed by atoms with van der Waals surface area (Å²) in [6, 6.07) is 55.1. The van der Waals surface area contributed by atoms with Crippen LogP contribution in [0.4, 0.5) is 17.1 Å². The average Bonchev–Trinajstić information content (AvgIpc) is 3.73. The number of hydrogen-bond acceptors (Lipinski definition) is 1. The first-order valence-corrected chi connectivity index (χ1v) is 21.5. The van der Waals surface area contributed by atoms with E-state index < -0.39 is 0 Å². The van der Waals surface area contributed by atoms with E-state index in [0.29, 0.717) is 0 Å². The molecule has 59 heavy (non-hydrogen) atoms. The van der Waals surface area contributed by atoms with Crippen LogP contribution in [0.25, 0.3) is 50.1 Å². The first kappa shape index (κ1) is 37.1. The highest BCUT2D eigenvalue weighted by molar-refractivity contribution is 5.97. The van der Waals surface area contributed by atoms with E-state index >= 15 is 0 Å². The Morgan fingerprint density at radius 2 is 1.00 bits per heavy atom. The highest BCUT2D eigenvalue weighted by Crippen LogP contribution is 2.58. The van der Waals surface area contributed by atoms with Gasteiger partial charge in [0.25, 0.3) is 0 Å². The maximum atomic E-state index is 2.56. The Morgan fingerprint density at radius 3 is 1.69 bits per heavy atom. The van der Waals surface area contributed by atoms with Gasteiger partial charge in [-0.2, -0.15) is 0 Å². The molecule has 290 valence electrons. The molecule has 0 saturated heterocycles. The highest BCUT2D eigenvalue weighted by Gasteiger charge is 2.43. The maximum Gasteiger partial charge on any atom is 0.0540 e. The number of nitrogens with zero attached hydrogens (tertiary/aromatic N) is 1. The van der Waals surface area contributed by atoms with Crippen molar-refractivity contribution in [2.75, 3.05) is 4.90 Å². The molecule has 1 heteroatoms. The standard InChI is InChI=1S/C58H53N/c1-9-11-20-37(10-2)42-25-19-27-49-55(42)47-36-52-46(35-53(47)57(49,5)6)45-32-30-40(34-51(45)58(52,7)8)59(54-28-18-16-23-41(54)38-21-13-12-14-22-38)39-29-31-44-43-24-15-17-26-48(43)56(3,4)50(44)33-39/h10-36H,9H2,1-8H3/b20-11-,37-10+. The number of anilines is 3. The monoisotopic (exact) mass is 763 g/mol. The average molecular weight is 764 g/mol. The van der Waals surface area contributed by atoms with Gasteiger partial charge >= 0.3 is 0 Å². The molecule has 0 atom stereocenters. The summed E-state index contributed by atoms with van der Waals surface area (Å²) in [6.07, 6.45) is 7.87. The van der Waals surface area contributed by atoms with Crippen molar-refractivity contribution in [3.8, 4) is 44.5 Å². The van der Waals surface area contributed by atoms with Gasteiger partial charge in [0.05, 0.1) is 5.69 Å². The van der Waals surface area contributed by atoms with E-state index in [0.717, 1.165) is 6.42 Å². The van der Waals surface area contributed by atoms with Crippen molar-refractivity contribution in [2.45, 2.75) is 78.1 Å². The predicted molar refractivity (Wildman–Crippen MR) is 252 cm³/mol. The number of rotatable bonds is 7. The smallest absolute Gasteiger partial charge is 0.0540 e. The topological polar surface area (TPSA) is 3.24 Å². The number of para-hydroxylation sites is 1. The van der Waals surface area contributed by atoms with Gasteiger partial charge < -0.3 is 4.90 Å². The fourth-order valence-electron chi connectivity index (χ4n) is 10.8. The largest absolute Gasteiger partial charge is 0.310 e. The number of allylic oxidation sites excluding steroid dienone is 4. The lowest BCUT2D eigenvalue weighted by atomic mass is 9.79. The van der Waals surface area contributed by atoms with Gasteiger partial charge in [0.2, 0.25) is 0 Å². The van der Waals surface area contributed by atoms with Crippen molar-refractivity contribution in [2.24, 2.45) is 0 Å². The fourth-order valence-corrected chi connectivity index (χ4v) is 10.8. The zero-order chi connectivity index (χ0) is 40.8. The molecule has 7 aromatic rings. The lowest BCUT2D eigenvalue weighted by Crippen LogP contribution is -2.18. The lowest BCUT2D eigenvalue weighted by Gasteiger charge is -2.31. The molecule has 0 spiro atoms. The van der Waals surface area contributed by atoms with E-state index in [9.17, 15) is 0 Å². The first-order valence-electron chi connectivity index (χ1n) is 21.5. The molecular formula is C58H53N. The molecule has 7 aromatic carbocycles. The molecule has 10 rings (SSSR count). The van der Waals surface area contributed by atoms with Crippen LogP contribution in [0.5, 0.6) is 0 Å². The molecule has 0 unspecified atom stereocenters. The van der Waals surface area contributed by atoms with E-state index in [2.05, 4.69) is 224 Å². The van der Waals surface area contributed by atoms with E-state index in [1.54, 1.807) is 0 Å². The van der Waals surface area contributed by atoms with Crippen LogP contribution in [0.3, 0.4) is 0 Å². The molecule has 0 bridgehead atoms. The van der Waals surface area contributed by atoms with Crippen molar-refractivity contribution in [1.82, 2.24) is 0 Å². The third-order valence-corrected chi connectivity index (χ3v) is 13.9. The molecule has 3 aliphatic carbocycles. The zero-order valence-electron chi connectivity index (χ0n) is 35.7. The molecule has 0 heterocycles. The van der Waals surface area contributed by atoms with Crippen molar-refractivity contribution in [3.05, 3.63) is 203 Å². The van der Waals surface area contributed by atoms with Crippen LogP contribution in [0.2, 0.25) is 0 Å². The SMILES string of the molecule is C/C=C(\C=C/CC)c1cccc2c1-c1cc3c(cc1C2(C)C)-c1ccc(N(c2ccc4c(c2)C(C)(C)c2ccccc2-4)c2ccccc2-c2ccccc2)cc1C3(C)C. The van der Waals surface area contributed by atoms with Crippen molar-refractivity contribution < 1.29 is 0 Å². The Morgan fingerprint density at radius 1 is 0.475 bits per heavy atom. The van der Waals surface area contributed by atoms with Crippen LogP contribution < -0.4 is 4.90 Å². The fraction of sp³-hybridized carbons (Fsp3) is 0.207. The molecule has 3 aliphatic rings. The van der Waals surface area contributed by atoms with E-state index in [-0.39, 0.29) is 16.2 Å². The van der Waals surface area contributed by atoms with Gasteiger partial charge in [0, 0.05) is 33.2 Å². The first-order chi connectivity index (χ1) is 28.5. The van der Waals surface area contributed by atoms with Gasteiger partial charge in [-0.3, -0.25) is 0 Å². The summed E-state index contributed by atoms with van der Waals surface area (Å²) in [5.41, 5.74) is 24.6. The van der Waals surface area contributed by atoms with Gasteiger partial charge in [-0.25, -0.2) is 0 Å². The molecule has 0 fully saturated rings. The Kier molecular flexibility index (Phi) is 8.45. The van der Waals surface area contributed by atoms with Crippen molar-refractivity contribution in [1.29, 1.82) is 0 Å². The van der Waals surface area contributed by atoms with E-state index in [1.165, 1.54) is 106 Å². The Balaban J connectivity index is 1.15. The molecule has 0 radical (unpaired) electrons. The second-order valence-electron chi connectivity index (χ2n) is 18.3. The molecule has 0 amide bonds. The summed E-state index contributed by atoms with van der Waals surface area (Å²) >= 11 is 0. The molecular weight excluding hydrogens is 711 g/mol. The number of fused-ring (bicyclic) bond motifs is 9. The minimum atomic E-state index is -0.213. The van der Waals surface area contributed by atoms with E-state index in [1.807, 2.05) is 0 Å². The molecule has 0 N–H and O–H groups in total. The summed E-state index contributed by atoms with van der Waals surface area (Å²) in [6.45, 7) is 18.8. The molecule has 0 aromatic heterocycles. The molecule has 0 saturated carbocycles. The van der Waals surface area contributed by atoms with Gasteiger partial charge in [-0.05, 0) is 139 Å². The Bertz CT molecular complexity index is 2900. The normalized spacial score (nSPS) is 16.0. The summed E-state index contributed by atoms with van der Waals surface area (Å²) in [5, 5.41) is 0. The third kappa shape index (κ3) is 5.44. The third-order valence-electron chi connectivity index (χ3n) is 13.9. The summed E-state index contributed by atoms with van der Waals surface area (Å²) in [5.74, 6) is 0. The highest BCUT2D eigenvalue weighted by atomic mass is 15.1. The van der Waals surface area contributed by atoms with Crippen LogP contribution in [0.15, 0.2) is 164 Å². The van der Waals surface area contributed by atoms with E-state index in [4.69, 9.17) is 0 Å². The number of benzene rings is 7. The Hall–Kier alpha value is -6.18. The Labute approximate surface area is 351 Å². The summed E-state index contributed by atoms with van der Waals surface area (Å²) in [4.78, 5) is 2.51. The zero-order valence-corrected chi connectivity index (χ0v) is 35.7. The summed E-state index contributed by atoms with van der Waals surface area (Å²) in [7, 11) is 0. The quantitative estimate of drug-likeness (QED) is 0.146. The lowest BCUT2D eigenvalue weighted by molar-refractivity contribution is 0.652. The van der Waals surface area contributed by atoms with Crippen LogP contribution in [0.1, 0.15) is 101 Å². The predicted octanol–water partition coefficient (Wildman–Crippen LogP) is 16.1. The number of hydrogen-bond donors (Lipinski definition) is 0. The molecule has 0 aliphatic heterocycles. The van der Waals surface area contributed by atoms with Gasteiger partial charge in [-0.15, -0.1) is 0 Å². The molecule has 1 nitrogen and oxygen atoms in total. The van der Waals surface area contributed by atoms with Crippen molar-refractivity contribution in [3.63, 3.8) is 0 Å². The minimum absolute atomic E-state index is 0.110. The van der Waals surface area contributed by atoms with Crippen molar-refractivity contribution >= 4 is 22.6 Å². The van der Waals surface area contributed by atoms with Gasteiger partial charge in [0.1, 0.15) is 0 Å². The van der Waals surface area contributed by atoms with Gasteiger partial charge in [0.15, 0.2) is 0 Å². The maximum absolute atomic E-state index is 2.56. The van der Waals surface area contributed by atoms with Crippen LogP contribution in [-0.2, 0) is 16.2 Å². The van der Waals surface area contributed by atoms with Gasteiger partial charge in [-0.1, -0.05) is 170 Å². The van der Waals surface area contributed by atoms with Crippen LogP contribution >= 0.6 is 0 Å². The minimum Gasteiger partial charge on any atom is -0.310 e. The second kappa shape index (κ2) is 13.4. The van der Waals surface area contributed by atoms with Crippen LogP contribution in [0, 0.1) is 0 Å². The summed E-state index contributed by atoms with van der Waals surface area (Å²) < 4.78 is 0. The second-order valence-corrected chi connectivity index (χ2v) is 18.3.